The lowest BCUT2D eigenvalue weighted by molar-refractivity contribution is 0.917. The van der Waals surface area contributed by atoms with Crippen LogP contribution in [0.2, 0.25) is 0 Å². The van der Waals surface area contributed by atoms with Crippen molar-refractivity contribution in [2.75, 3.05) is 0 Å². The van der Waals surface area contributed by atoms with Gasteiger partial charge in [0.25, 0.3) is 0 Å². The first-order chi connectivity index (χ1) is 3.63. The van der Waals surface area contributed by atoms with Gasteiger partial charge < -0.3 is 11.5 Å². The molecule has 0 saturated carbocycles. The van der Waals surface area contributed by atoms with Gasteiger partial charge in [0.05, 0.1) is 10.7 Å². The Morgan fingerprint density at radius 3 is 2.38 bits per heavy atom. The minimum absolute atomic E-state index is 0.237. The van der Waals surface area contributed by atoms with Gasteiger partial charge in [-0.2, -0.15) is 0 Å². The Kier molecular flexibility index (Phi) is 4.05. The van der Waals surface area contributed by atoms with Gasteiger partial charge in [-0.25, -0.2) is 0 Å². The number of nitrogens with two attached hydrogens (primary N) is 2. The molecule has 48 valence electrons. The van der Waals surface area contributed by atoms with Crippen molar-refractivity contribution in [1.29, 1.82) is 0 Å². The van der Waals surface area contributed by atoms with E-state index in [1.807, 2.05) is 0 Å². The molecule has 0 fully saturated rings. The molecule has 0 aliphatic carbocycles. The van der Waals surface area contributed by atoms with Gasteiger partial charge >= 0.3 is 0 Å². The van der Waals surface area contributed by atoms with E-state index in [2.05, 4.69) is 0 Å². The van der Waals surface area contributed by atoms with E-state index in [0.717, 1.165) is 0 Å². The van der Waals surface area contributed by atoms with Gasteiger partial charge in [0, 0.05) is 0 Å². The second kappa shape index (κ2) is 4.01. The number of hydrogen-bond donors (Lipinski definition) is 2. The lowest BCUT2D eigenvalue weighted by Gasteiger charge is -1.94. The van der Waals surface area contributed by atoms with E-state index in [-0.39, 0.29) is 10.7 Å². The predicted octanol–water partition coefficient (Wildman–Crippen LogP) is 0.939. The average Bonchev–Trinajstić information content (AvgIpc) is 1.61. The van der Waals surface area contributed by atoms with Crippen LogP contribution in [-0.2, 0) is 0 Å². The molecule has 0 amide bonds. The molecular formula is C4H8Cl2N2. The van der Waals surface area contributed by atoms with Crippen molar-refractivity contribution >= 4 is 23.2 Å². The first-order valence-electron chi connectivity index (χ1n) is 2.13. The van der Waals surface area contributed by atoms with Crippen LogP contribution in [0.3, 0.4) is 0 Å². The van der Waals surface area contributed by atoms with Crippen molar-refractivity contribution in [3.63, 3.8) is 0 Å². The largest absolute Gasteiger partial charge is 0.390 e. The first-order valence-corrected chi connectivity index (χ1v) is 2.95. The Labute approximate surface area is 58.4 Å². The molecule has 0 bridgehead atoms. The van der Waals surface area contributed by atoms with Crippen molar-refractivity contribution in [1.82, 2.24) is 0 Å². The third-order valence-electron chi connectivity index (χ3n) is 0.538. The number of alkyl halides is 1. The third-order valence-corrected chi connectivity index (χ3v) is 0.871. The summed E-state index contributed by atoms with van der Waals surface area (Å²) in [7, 11) is 0. The second-order valence-electron chi connectivity index (χ2n) is 1.34. The zero-order valence-electron chi connectivity index (χ0n) is 4.27. The molecule has 2 nitrogen and oxygen atoms in total. The van der Waals surface area contributed by atoms with Gasteiger partial charge in [0.2, 0.25) is 0 Å². The van der Waals surface area contributed by atoms with Crippen molar-refractivity contribution in [3.8, 4) is 0 Å². The molecule has 0 spiro atoms. The highest BCUT2D eigenvalue weighted by Gasteiger charge is 1.90. The van der Waals surface area contributed by atoms with Crippen LogP contribution in [0, 0.1) is 0 Å². The van der Waals surface area contributed by atoms with Crippen LogP contribution in [0.5, 0.6) is 0 Å². The maximum Gasteiger partial charge on any atom is 0.0952 e. The first kappa shape index (κ1) is 8.08. The van der Waals surface area contributed by atoms with Gasteiger partial charge in [-0.1, -0.05) is 11.6 Å². The Balaban J connectivity index is 3.29. The average molecular weight is 155 g/mol. The molecular weight excluding hydrogens is 147 g/mol. The molecule has 0 aromatic heterocycles. The minimum atomic E-state index is -0.382. The Morgan fingerprint density at radius 1 is 1.75 bits per heavy atom. The Hall–Kier alpha value is 0.0800. The van der Waals surface area contributed by atoms with Gasteiger partial charge in [-0.3, -0.25) is 0 Å². The molecule has 1 unspecified atom stereocenters. The fourth-order valence-electron chi connectivity index (χ4n) is 0.225. The minimum Gasteiger partial charge on any atom is -0.390 e. The number of rotatable bonds is 2. The fourth-order valence-corrected chi connectivity index (χ4v) is 0.403. The highest BCUT2D eigenvalue weighted by atomic mass is 35.5. The molecule has 0 aromatic carbocycles. The summed E-state index contributed by atoms with van der Waals surface area (Å²) in [5.74, 6) is 0. The van der Waals surface area contributed by atoms with E-state index in [4.69, 9.17) is 34.7 Å². The van der Waals surface area contributed by atoms with Crippen LogP contribution in [-0.4, -0.2) is 5.50 Å². The van der Waals surface area contributed by atoms with Gasteiger partial charge in [-0.05, 0) is 12.5 Å². The van der Waals surface area contributed by atoms with Gasteiger partial charge in [-0.15, -0.1) is 11.6 Å². The zero-order valence-corrected chi connectivity index (χ0v) is 5.78. The van der Waals surface area contributed by atoms with Gasteiger partial charge in [0.15, 0.2) is 0 Å². The molecule has 0 aliphatic rings. The molecule has 0 radical (unpaired) electrons. The van der Waals surface area contributed by atoms with E-state index in [0.29, 0.717) is 6.42 Å². The zero-order chi connectivity index (χ0) is 6.57. The van der Waals surface area contributed by atoms with Crippen LogP contribution < -0.4 is 11.5 Å². The predicted molar refractivity (Wildman–Crippen MR) is 36.6 cm³/mol. The van der Waals surface area contributed by atoms with Crippen LogP contribution in [0.15, 0.2) is 11.2 Å². The summed E-state index contributed by atoms with van der Waals surface area (Å²) in [6, 6.07) is 0. The second-order valence-corrected chi connectivity index (χ2v) is 2.34. The SMILES string of the molecule is N/C(Cl)=C\CC(N)Cl. The van der Waals surface area contributed by atoms with E-state index in [1.165, 1.54) is 0 Å². The molecule has 0 heterocycles. The molecule has 0 saturated heterocycles. The van der Waals surface area contributed by atoms with E-state index in [9.17, 15) is 0 Å². The molecule has 0 aliphatic heterocycles. The topological polar surface area (TPSA) is 52.0 Å². The highest BCUT2D eigenvalue weighted by molar-refractivity contribution is 6.29. The monoisotopic (exact) mass is 154 g/mol. The maximum atomic E-state index is 5.34. The lowest BCUT2D eigenvalue weighted by atomic mass is 10.4. The van der Waals surface area contributed by atoms with E-state index in [1.54, 1.807) is 6.08 Å². The van der Waals surface area contributed by atoms with Crippen LogP contribution in [0.25, 0.3) is 0 Å². The van der Waals surface area contributed by atoms with Crippen molar-refractivity contribution in [3.05, 3.63) is 11.2 Å². The van der Waals surface area contributed by atoms with Crippen LogP contribution >= 0.6 is 23.2 Å². The van der Waals surface area contributed by atoms with E-state index >= 15 is 0 Å². The molecule has 0 rings (SSSR count). The quantitative estimate of drug-likeness (QED) is 0.460. The summed E-state index contributed by atoms with van der Waals surface area (Å²) in [5, 5.41) is 0.237. The summed E-state index contributed by atoms with van der Waals surface area (Å²) in [4.78, 5) is 0. The standard InChI is InChI=1S/C4H8Cl2N2/c5-3(7)1-2-4(6)8/h1,4H,2,7-8H2/b3-1-. The van der Waals surface area contributed by atoms with Crippen LogP contribution in [0.1, 0.15) is 6.42 Å². The Bertz CT molecular complexity index is 86.0. The fraction of sp³-hybridized carbons (Fsp3) is 0.500. The van der Waals surface area contributed by atoms with Crippen molar-refractivity contribution in [2.24, 2.45) is 11.5 Å². The Morgan fingerprint density at radius 2 is 2.25 bits per heavy atom. The molecule has 0 aromatic rings. The number of halogens is 2. The van der Waals surface area contributed by atoms with Crippen molar-refractivity contribution < 1.29 is 0 Å². The third kappa shape index (κ3) is 6.08. The van der Waals surface area contributed by atoms with Crippen LogP contribution in [0.4, 0.5) is 0 Å². The van der Waals surface area contributed by atoms with E-state index < -0.39 is 0 Å². The maximum absolute atomic E-state index is 5.34. The van der Waals surface area contributed by atoms with Crippen molar-refractivity contribution in [2.45, 2.75) is 11.9 Å². The summed E-state index contributed by atoms with van der Waals surface area (Å²) in [5.41, 5.74) is 9.82. The summed E-state index contributed by atoms with van der Waals surface area (Å²) < 4.78 is 0. The molecule has 4 N–H and O–H groups in total. The number of hydrogen-bond acceptors (Lipinski definition) is 2. The summed E-state index contributed by atoms with van der Waals surface area (Å²) >= 11 is 10.6. The lowest BCUT2D eigenvalue weighted by Crippen LogP contribution is -2.09. The highest BCUT2D eigenvalue weighted by Crippen LogP contribution is 1.98. The smallest absolute Gasteiger partial charge is 0.0952 e. The molecule has 1 atom stereocenters. The molecule has 4 heteroatoms. The molecule has 8 heavy (non-hydrogen) atoms. The summed E-state index contributed by atoms with van der Waals surface area (Å²) in [6.45, 7) is 0. The summed E-state index contributed by atoms with van der Waals surface area (Å²) in [6.07, 6.45) is 2.08. The van der Waals surface area contributed by atoms with Gasteiger partial charge in [0.1, 0.15) is 0 Å². The normalized spacial score (nSPS) is 16.1.